The number of quaternary nitrogens is 1. The SMILES string of the molecule is COC1CC(CCC(CC(CC2CCCCC2)OC(C)=O)OC(C)=O)C(C2CC[NH2+]C(N)C2)CC1O. The predicted octanol–water partition coefficient (Wildman–Crippen LogP) is 2.65. The molecule has 3 rings (SSSR count). The molecule has 1 saturated heterocycles. The van der Waals surface area contributed by atoms with Gasteiger partial charge in [-0.05, 0) is 62.2 Å². The molecule has 1 heterocycles. The highest BCUT2D eigenvalue weighted by Crippen LogP contribution is 2.42. The lowest BCUT2D eigenvalue weighted by atomic mass is 9.66. The van der Waals surface area contributed by atoms with Crippen molar-refractivity contribution in [3.05, 3.63) is 0 Å². The van der Waals surface area contributed by atoms with Crippen molar-refractivity contribution >= 4 is 11.9 Å². The number of aliphatic hydroxyl groups excluding tert-OH is 1. The van der Waals surface area contributed by atoms with Crippen LogP contribution in [0.3, 0.4) is 0 Å². The number of carbonyl (C=O) groups excluding carboxylic acids is 2. The van der Waals surface area contributed by atoms with E-state index in [1.54, 1.807) is 7.11 Å². The molecule has 0 amide bonds. The molecule has 1 aliphatic heterocycles. The van der Waals surface area contributed by atoms with Crippen LogP contribution in [0.5, 0.6) is 0 Å². The van der Waals surface area contributed by atoms with E-state index in [0.29, 0.717) is 30.1 Å². The number of piperidine rings is 1. The minimum Gasteiger partial charge on any atom is -0.462 e. The van der Waals surface area contributed by atoms with Crippen molar-refractivity contribution in [2.24, 2.45) is 29.4 Å². The Morgan fingerprint density at radius 2 is 1.69 bits per heavy atom. The van der Waals surface area contributed by atoms with Crippen molar-refractivity contribution in [3.63, 3.8) is 0 Å². The molecule has 0 bridgehead atoms. The highest BCUT2D eigenvalue weighted by Gasteiger charge is 2.42. The van der Waals surface area contributed by atoms with Crippen LogP contribution in [-0.4, -0.2) is 61.3 Å². The van der Waals surface area contributed by atoms with Gasteiger partial charge in [-0.2, -0.15) is 0 Å². The first-order valence-corrected chi connectivity index (χ1v) is 14.4. The standard InChI is InChI=1S/C28H50N2O6/c1-18(31)35-23(16-24(36-19(2)32)13-20-7-5-4-6-8-20)10-9-21-14-27(34-3)26(33)17-25(21)22-11-12-30-28(29)15-22/h20-28,30,33H,4-17,29H2,1-3H3/p+1. The highest BCUT2D eigenvalue weighted by molar-refractivity contribution is 5.66. The van der Waals surface area contributed by atoms with E-state index in [4.69, 9.17) is 19.9 Å². The monoisotopic (exact) mass is 511 g/mol. The van der Waals surface area contributed by atoms with Crippen molar-refractivity contribution in [1.82, 2.24) is 0 Å². The molecule has 0 radical (unpaired) electrons. The van der Waals surface area contributed by atoms with Gasteiger partial charge in [-0.25, -0.2) is 0 Å². The van der Waals surface area contributed by atoms with Crippen molar-refractivity contribution < 1.29 is 34.2 Å². The molecule has 5 N–H and O–H groups in total. The van der Waals surface area contributed by atoms with Gasteiger partial charge in [0.25, 0.3) is 0 Å². The molecule has 0 spiro atoms. The fourth-order valence-electron chi connectivity index (χ4n) is 7.27. The molecule has 8 unspecified atom stereocenters. The second-order valence-electron chi connectivity index (χ2n) is 11.7. The van der Waals surface area contributed by atoms with E-state index >= 15 is 0 Å². The molecule has 208 valence electrons. The van der Waals surface area contributed by atoms with E-state index in [1.807, 2.05) is 0 Å². The minimum atomic E-state index is -0.452. The van der Waals surface area contributed by atoms with Crippen LogP contribution in [0, 0.1) is 23.7 Å². The number of ether oxygens (including phenoxy) is 3. The van der Waals surface area contributed by atoms with Crippen molar-refractivity contribution in [1.29, 1.82) is 0 Å². The van der Waals surface area contributed by atoms with Crippen LogP contribution < -0.4 is 11.1 Å². The third-order valence-electron chi connectivity index (χ3n) is 8.94. The minimum absolute atomic E-state index is 0.125. The lowest BCUT2D eigenvalue weighted by Crippen LogP contribution is -2.94. The van der Waals surface area contributed by atoms with Gasteiger partial charge in [0, 0.05) is 33.8 Å². The van der Waals surface area contributed by atoms with Gasteiger partial charge in [0.2, 0.25) is 0 Å². The van der Waals surface area contributed by atoms with Crippen molar-refractivity contribution in [2.75, 3.05) is 13.7 Å². The van der Waals surface area contributed by atoms with Crippen molar-refractivity contribution in [3.8, 4) is 0 Å². The topological polar surface area (TPSA) is 125 Å². The Balaban J connectivity index is 1.66. The highest BCUT2D eigenvalue weighted by atomic mass is 16.6. The molecular weight excluding hydrogens is 460 g/mol. The summed E-state index contributed by atoms with van der Waals surface area (Å²) in [7, 11) is 1.67. The molecule has 36 heavy (non-hydrogen) atoms. The van der Waals surface area contributed by atoms with Gasteiger partial charge >= 0.3 is 11.9 Å². The summed E-state index contributed by atoms with van der Waals surface area (Å²) >= 11 is 0. The summed E-state index contributed by atoms with van der Waals surface area (Å²) in [4.78, 5) is 23.9. The smallest absolute Gasteiger partial charge is 0.302 e. The summed E-state index contributed by atoms with van der Waals surface area (Å²) in [5, 5.41) is 12.9. The van der Waals surface area contributed by atoms with Crippen molar-refractivity contribution in [2.45, 2.75) is 128 Å². The van der Waals surface area contributed by atoms with E-state index < -0.39 is 6.10 Å². The van der Waals surface area contributed by atoms with Gasteiger partial charge in [0.1, 0.15) is 18.4 Å². The first-order chi connectivity index (χ1) is 17.2. The van der Waals surface area contributed by atoms with Crippen LogP contribution in [0.25, 0.3) is 0 Å². The number of hydrogen-bond donors (Lipinski definition) is 3. The maximum absolute atomic E-state index is 12.0. The van der Waals surface area contributed by atoms with Crippen LogP contribution in [-0.2, 0) is 23.8 Å². The van der Waals surface area contributed by atoms with E-state index in [0.717, 1.165) is 51.5 Å². The van der Waals surface area contributed by atoms with Crippen LogP contribution >= 0.6 is 0 Å². The largest absolute Gasteiger partial charge is 0.462 e. The zero-order valence-electron chi connectivity index (χ0n) is 22.7. The Kier molecular flexibility index (Phi) is 11.9. The fraction of sp³-hybridized carbons (Fsp3) is 0.929. The Bertz CT molecular complexity index is 685. The second kappa shape index (κ2) is 14.6. The first kappa shape index (κ1) is 29.3. The van der Waals surface area contributed by atoms with E-state index in [1.165, 1.54) is 46.0 Å². The van der Waals surface area contributed by atoms with Gasteiger partial charge < -0.3 is 24.6 Å². The molecule has 8 atom stereocenters. The second-order valence-corrected chi connectivity index (χ2v) is 11.7. The van der Waals surface area contributed by atoms with Crippen LogP contribution in [0.1, 0.15) is 97.3 Å². The Labute approximate surface area is 217 Å². The van der Waals surface area contributed by atoms with Gasteiger partial charge in [-0.1, -0.05) is 32.1 Å². The Morgan fingerprint density at radius 1 is 1.00 bits per heavy atom. The average Bonchev–Trinajstić information content (AvgIpc) is 2.82. The van der Waals surface area contributed by atoms with Crippen LogP contribution in [0.2, 0.25) is 0 Å². The summed E-state index contributed by atoms with van der Waals surface area (Å²) in [6, 6.07) is 0. The number of hydrogen-bond acceptors (Lipinski definition) is 7. The molecule has 2 saturated carbocycles. The number of carbonyl (C=O) groups is 2. The average molecular weight is 512 g/mol. The number of methoxy groups -OCH3 is 1. The maximum atomic E-state index is 12.0. The fourth-order valence-corrected chi connectivity index (χ4v) is 7.27. The molecule has 8 heteroatoms. The predicted molar refractivity (Wildman–Crippen MR) is 137 cm³/mol. The zero-order chi connectivity index (χ0) is 26.1. The first-order valence-electron chi connectivity index (χ1n) is 14.4. The molecule has 2 aliphatic carbocycles. The molecule has 0 aromatic rings. The lowest BCUT2D eigenvalue weighted by molar-refractivity contribution is -0.699. The zero-order valence-corrected chi connectivity index (χ0v) is 22.7. The van der Waals surface area contributed by atoms with Crippen LogP contribution in [0.4, 0.5) is 0 Å². The van der Waals surface area contributed by atoms with Gasteiger partial charge in [0.15, 0.2) is 0 Å². The number of aliphatic hydroxyl groups is 1. The normalized spacial score (nSPS) is 33.5. The number of nitrogens with two attached hydrogens (primary N) is 2. The summed E-state index contributed by atoms with van der Waals surface area (Å²) < 4.78 is 17.1. The molecule has 8 nitrogen and oxygen atoms in total. The third kappa shape index (κ3) is 9.26. The molecule has 0 aromatic heterocycles. The maximum Gasteiger partial charge on any atom is 0.302 e. The summed E-state index contributed by atoms with van der Waals surface area (Å²) in [5.41, 5.74) is 6.27. The quantitative estimate of drug-likeness (QED) is 0.364. The third-order valence-corrected chi connectivity index (χ3v) is 8.94. The summed E-state index contributed by atoms with van der Waals surface area (Å²) in [6.45, 7) is 3.94. The molecule has 3 fully saturated rings. The van der Waals surface area contributed by atoms with Crippen LogP contribution in [0.15, 0.2) is 0 Å². The van der Waals surface area contributed by atoms with E-state index in [9.17, 15) is 14.7 Å². The van der Waals surface area contributed by atoms with E-state index in [2.05, 4.69) is 5.32 Å². The Morgan fingerprint density at radius 3 is 2.33 bits per heavy atom. The molecular formula is C28H51N2O6+. The number of esters is 2. The molecule has 0 aromatic carbocycles. The lowest BCUT2D eigenvalue weighted by Gasteiger charge is -2.44. The van der Waals surface area contributed by atoms with Gasteiger partial charge in [-0.15, -0.1) is 0 Å². The van der Waals surface area contributed by atoms with Gasteiger partial charge in [0.05, 0.1) is 18.8 Å². The van der Waals surface area contributed by atoms with Gasteiger partial charge in [-0.3, -0.25) is 15.3 Å². The Hall–Kier alpha value is -1.22. The molecule has 3 aliphatic rings. The number of rotatable bonds is 11. The van der Waals surface area contributed by atoms with E-state index in [-0.39, 0.29) is 36.4 Å². The summed E-state index contributed by atoms with van der Waals surface area (Å²) in [6.07, 6.45) is 11.8. The summed E-state index contributed by atoms with van der Waals surface area (Å²) in [5.74, 6) is 1.26.